The summed E-state index contributed by atoms with van der Waals surface area (Å²) in [6, 6.07) is 9.04. The molecule has 2 aromatic carbocycles. The lowest BCUT2D eigenvalue weighted by Gasteiger charge is -2.11. The highest BCUT2D eigenvalue weighted by Crippen LogP contribution is 2.31. The molecule has 3 nitrogen and oxygen atoms in total. The molecule has 7 heteroatoms. The molecule has 0 saturated carbocycles. The smallest absolute Gasteiger partial charge is 0.416 e. The Kier molecular flexibility index (Phi) is 5.15. The van der Waals surface area contributed by atoms with Crippen molar-refractivity contribution in [2.45, 2.75) is 12.8 Å². The number of halogens is 4. The Morgan fingerprint density at radius 1 is 1.17 bits per heavy atom. The number of carbonyl (C=O) groups is 1. The van der Waals surface area contributed by atoms with Gasteiger partial charge in [-0.2, -0.15) is 13.2 Å². The summed E-state index contributed by atoms with van der Waals surface area (Å²) in [6.45, 7) is -0.0358. The monoisotopic (exact) mass is 344 g/mol. The van der Waals surface area contributed by atoms with Crippen LogP contribution >= 0.6 is 11.6 Å². The van der Waals surface area contributed by atoms with E-state index in [1.807, 2.05) is 0 Å². The van der Waals surface area contributed by atoms with Gasteiger partial charge in [-0.25, -0.2) is 4.79 Å². The highest BCUT2D eigenvalue weighted by atomic mass is 35.5. The van der Waals surface area contributed by atoms with Crippen molar-refractivity contribution in [3.05, 3.63) is 64.2 Å². The lowest BCUT2D eigenvalue weighted by Crippen LogP contribution is -2.06. The maximum Gasteiger partial charge on any atom is 0.416 e. The summed E-state index contributed by atoms with van der Waals surface area (Å²) in [5.74, 6) is -0.493. The Bertz CT molecular complexity index is 714. The first-order valence-electron chi connectivity index (χ1n) is 6.47. The standard InChI is InChI=1S/C16H12ClF3O3/c1-22-15(21)11-5-10(6-13(17)7-11)9-23-14-4-2-3-12(8-14)16(18,19)20/h2-8H,9H2,1H3. The molecule has 0 fully saturated rings. The van der Waals surface area contributed by atoms with Crippen molar-refractivity contribution < 1.29 is 27.4 Å². The zero-order valence-corrected chi connectivity index (χ0v) is 12.7. The van der Waals surface area contributed by atoms with E-state index in [2.05, 4.69) is 4.74 Å². The van der Waals surface area contributed by atoms with Gasteiger partial charge in [0.25, 0.3) is 0 Å². The Morgan fingerprint density at radius 3 is 2.57 bits per heavy atom. The van der Waals surface area contributed by atoms with E-state index in [4.69, 9.17) is 16.3 Å². The van der Waals surface area contributed by atoms with Crippen molar-refractivity contribution in [1.29, 1.82) is 0 Å². The van der Waals surface area contributed by atoms with Gasteiger partial charge in [-0.05, 0) is 42.0 Å². The molecule has 0 unspecified atom stereocenters. The molecule has 2 aromatic rings. The van der Waals surface area contributed by atoms with Crippen LogP contribution < -0.4 is 4.74 Å². The number of benzene rings is 2. The summed E-state index contributed by atoms with van der Waals surface area (Å²) in [5, 5.41) is 0.301. The van der Waals surface area contributed by atoms with Crippen molar-refractivity contribution in [1.82, 2.24) is 0 Å². The lowest BCUT2D eigenvalue weighted by molar-refractivity contribution is -0.137. The molecule has 122 valence electrons. The van der Waals surface area contributed by atoms with Crippen LogP contribution in [0.15, 0.2) is 42.5 Å². The molecule has 0 aliphatic heterocycles. The van der Waals surface area contributed by atoms with Crippen LogP contribution in [0.5, 0.6) is 5.75 Å². The molecule has 0 bridgehead atoms. The van der Waals surface area contributed by atoms with Gasteiger partial charge in [0.2, 0.25) is 0 Å². The molecule has 0 atom stereocenters. The largest absolute Gasteiger partial charge is 0.489 e. The number of ether oxygens (including phenoxy) is 2. The molecule has 0 aromatic heterocycles. The molecule has 2 rings (SSSR count). The van der Waals surface area contributed by atoms with Crippen LogP contribution in [0.25, 0.3) is 0 Å². The third kappa shape index (κ3) is 4.63. The van der Waals surface area contributed by atoms with Crippen molar-refractivity contribution >= 4 is 17.6 Å². The normalized spacial score (nSPS) is 11.2. The maximum atomic E-state index is 12.6. The zero-order valence-electron chi connectivity index (χ0n) is 12.0. The number of hydrogen-bond acceptors (Lipinski definition) is 3. The molecule has 0 spiro atoms. The minimum Gasteiger partial charge on any atom is -0.489 e. The molecule has 23 heavy (non-hydrogen) atoms. The van der Waals surface area contributed by atoms with E-state index < -0.39 is 17.7 Å². The van der Waals surface area contributed by atoms with Crippen molar-refractivity contribution in [2.75, 3.05) is 7.11 Å². The topological polar surface area (TPSA) is 35.5 Å². The van der Waals surface area contributed by atoms with Crippen LogP contribution in [0.1, 0.15) is 21.5 Å². The van der Waals surface area contributed by atoms with Gasteiger partial charge >= 0.3 is 12.1 Å². The van der Waals surface area contributed by atoms with Gasteiger partial charge in [-0.1, -0.05) is 17.7 Å². The van der Waals surface area contributed by atoms with E-state index in [0.717, 1.165) is 12.1 Å². The lowest BCUT2D eigenvalue weighted by atomic mass is 10.1. The summed E-state index contributed by atoms with van der Waals surface area (Å²) in [5.41, 5.74) is -0.0192. The van der Waals surface area contributed by atoms with Gasteiger partial charge in [0.1, 0.15) is 12.4 Å². The average molecular weight is 345 g/mol. The number of rotatable bonds is 4. The van der Waals surface area contributed by atoms with Gasteiger partial charge in [0, 0.05) is 5.02 Å². The van der Waals surface area contributed by atoms with E-state index in [-0.39, 0.29) is 17.9 Å². The minimum absolute atomic E-state index is 0.0358. The molecule has 0 aliphatic rings. The molecule has 0 aliphatic carbocycles. The first-order valence-corrected chi connectivity index (χ1v) is 6.85. The number of esters is 1. The Morgan fingerprint density at radius 2 is 1.91 bits per heavy atom. The molecule has 0 N–H and O–H groups in total. The molecular formula is C16H12ClF3O3. The summed E-state index contributed by atoms with van der Waals surface area (Å²) < 4.78 is 47.9. The minimum atomic E-state index is -4.44. The average Bonchev–Trinajstić information content (AvgIpc) is 2.51. The maximum absolute atomic E-state index is 12.6. The van der Waals surface area contributed by atoms with E-state index >= 15 is 0 Å². The van der Waals surface area contributed by atoms with Gasteiger partial charge in [-0.15, -0.1) is 0 Å². The fourth-order valence-electron chi connectivity index (χ4n) is 1.90. The van der Waals surface area contributed by atoms with Crippen molar-refractivity contribution in [2.24, 2.45) is 0 Å². The van der Waals surface area contributed by atoms with Crippen LogP contribution in [0.4, 0.5) is 13.2 Å². The summed E-state index contributed by atoms with van der Waals surface area (Å²) in [4.78, 5) is 11.5. The predicted molar refractivity (Wildman–Crippen MR) is 78.6 cm³/mol. The fourth-order valence-corrected chi connectivity index (χ4v) is 2.16. The van der Waals surface area contributed by atoms with Crippen LogP contribution in [0.3, 0.4) is 0 Å². The number of alkyl halides is 3. The second-order valence-electron chi connectivity index (χ2n) is 4.65. The van der Waals surface area contributed by atoms with E-state index in [1.165, 1.54) is 31.4 Å². The highest BCUT2D eigenvalue weighted by molar-refractivity contribution is 6.31. The second-order valence-corrected chi connectivity index (χ2v) is 5.09. The van der Waals surface area contributed by atoms with Gasteiger partial charge in [0.15, 0.2) is 0 Å². The molecule has 0 heterocycles. The third-order valence-electron chi connectivity index (χ3n) is 2.95. The predicted octanol–water partition coefficient (Wildman–Crippen LogP) is 4.72. The van der Waals surface area contributed by atoms with Gasteiger partial charge in [0.05, 0.1) is 18.2 Å². The van der Waals surface area contributed by atoms with E-state index in [1.54, 1.807) is 6.07 Å². The first kappa shape index (κ1) is 17.1. The van der Waals surface area contributed by atoms with Gasteiger partial charge in [-0.3, -0.25) is 0 Å². The Balaban J connectivity index is 2.15. The molecular weight excluding hydrogens is 333 g/mol. The Labute approximate surface area is 135 Å². The van der Waals surface area contributed by atoms with Crippen LogP contribution in [0.2, 0.25) is 5.02 Å². The fraction of sp³-hybridized carbons (Fsp3) is 0.188. The van der Waals surface area contributed by atoms with Crippen LogP contribution in [-0.2, 0) is 17.5 Å². The molecule has 0 radical (unpaired) electrons. The van der Waals surface area contributed by atoms with Gasteiger partial charge < -0.3 is 9.47 Å². The summed E-state index contributed by atoms with van der Waals surface area (Å²) in [7, 11) is 1.24. The van der Waals surface area contributed by atoms with E-state index in [0.29, 0.717) is 10.6 Å². The van der Waals surface area contributed by atoms with Crippen molar-refractivity contribution in [3.8, 4) is 5.75 Å². The second kappa shape index (κ2) is 6.91. The Hall–Kier alpha value is -2.21. The van der Waals surface area contributed by atoms with Crippen LogP contribution in [-0.4, -0.2) is 13.1 Å². The number of carbonyl (C=O) groups excluding carboxylic acids is 1. The SMILES string of the molecule is COC(=O)c1cc(Cl)cc(COc2cccc(C(F)(F)F)c2)c1. The number of methoxy groups -OCH3 is 1. The van der Waals surface area contributed by atoms with Crippen LogP contribution in [0, 0.1) is 0 Å². The zero-order chi connectivity index (χ0) is 17.0. The summed E-state index contributed by atoms with van der Waals surface area (Å²) >= 11 is 5.91. The molecule has 0 saturated heterocycles. The third-order valence-corrected chi connectivity index (χ3v) is 3.16. The summed E-state index contributed by atoms with van der Waals surface area (Å²) in [6.07, 6.45) is -4.44. The van der Waals surface area contributed by atoms with E-state index in [9.17, 15) is 18.0 Å². The number of hydrogen-bond donors (Lipinski definition) is 0. The molecule has 0 amide bonds. The quantitative estimate of drug-likeness (QED) is 0.752. The first-order chi connectivity index (χ1) is 10.8. The van der Waals surface area contributed by atoms with Crippen molar-refractivity contribution in [3.63, 3.8) is 0 Å². The highest BCUT2D eigenvalue weighted by Gasteiger charge is 2.30.